The average Bonchev–Trinajstić information content (AvgIpc) is 2.64. The number of amides is 1. The minimum Gasteiger partial charge on any atom is -0.497 e. The van der Waals surface area contributed by atoms with Gasteiger partial charge in [-0.25, -0.2) is 0 Å². The highest BCUT2D eigenvalue weighted by Gasteiger charge is 2.26. The van der Waals surface area contributed by atoms with E-state index < -0.39 is 10.0 Å². The van der Waals surface area contributed by atoms with E-state index >= 15 is 0 Å². The second-order valence-corrected chi connectivity index (χ2v) is 7.01. The Bertz CT molecular complexity index is 972. The van der Waals surface area contributed by atoms with Crippen molar-refractivity contribution in [2.75, 3.05) is 31.0 Å². The van der Waals surface area contributed by atoms with Crippen LogP contribution in [0.4, 0.5) is 11.4 Å². The Morgan fingerprint density at radius 2 is 1.92 bits per heavy atom. The summed E-state index contributed by atoms with van der Waals surface area (Å²) in [6, 6.07) is 11.4. The molecule has 1 N–H and O–H groups in total. The molecule has 3 rings (SSSR count). The van der Waals surface area contributed by atoms with E-state index in [2.05, 4.69) is 9.71 Å². The van der Waals surface area contributed by atoms with Crippen molar-refractivity contribution in [1.29, 1.82) is 0 Å². The third kappa shape index (κ3) is 3.47. The van der Waals surface area contributed by atoms with Crippen LogP contribution in [0, 0.1) is 0 Å². The van der Waals surface area contributed by atoms with E-state index in [9.17, 15) is 13.2 Å². The lowest BCUT2D eigenvalue weighted by Crippen LogP contribution is -2.35. The van der Waals surface area contributed by atoms with Crippen LogP contribution >= 0.6 is 0 Å². The largest absolute Gasteiger partial charge is 0.497 e. The van der Waals surface area contributed by atoms with E-state index in [1.54, 1.807) is 36.4 Å². The molecule has 1 aliphatic heterocycles. The highest BCUT2D eigenvalue weighted by Crippen LogP contribution is 2.30. The zero-order valence-electron chi connectivity index (χ0n) is 14.2. The summed E-state index contributed by atoms with van der Waals surface area (Å²) in [6.45, 7) is -0.115. The van der Waals surface area contributed by atoms with Crippen LogP contribution in [0.2, 0.25) is 0 Å². The van der Waals surface area contributed by atoms with Crippen LogP contribution in [0.1, 0.15) is 0 Å². The van der Waals surface area contributed by atoms with E-state index in [-0.39, 0.29) is 17.3 Å². The fourth-order valence-electron chi connectivity index (χ4n) is 2.53. The first kappa shape index (κ1) is 17.7. The van der Waals surface area contributed by atoms with Gasteiger partial charge in [-0.15, -0.1) is 4.40 Å². The molecule has 2 aromatic rings. The van der Waals surface area contributed by atoms with Gasteiger partial charge in [-0.05, 0) is 24.3 Å². The number of hydrogen-bond acceptors (Lipinski definition) is 6. The van der Waals surface area contributed by atoms with Crippen molar-refractivity contribution in [3.05, 3.63) is 42.5 Å². The molecule has 8 nitrogen and oxygen atoms in total. The Kier molecular flexibility index (Phi) is 4.81. The standard InChI is InChI=1S/C17H17N3O5S/c1-24-12-7-8-15(25-2)13(9-12)19-17(21)10-20-11-18-26(22,23)16-6-4-3-5-14(16)20/h3-9,11H,10H2,1-2H3,(H,19,21). The molecule has 0 saturated carbocycles. The van der Waals surface area contributed by atoms with E-state index in [1.807, 2.05) is 0 Å². The van der Waals surface area contributed by atoms with Crippen LogP contribution in [0.5, 0.6) is 11.5 Å². The monoisotopic (exact) mass is 375 g/mol. The zero-order chi connectivity index (χ0) is 18.7. The van der Waals surface area contributed by atoms with Crippen molar-refractivity contribution < 1.29 is 22.7 Å². The molecule has 0 aliphatic carbocycles. The third-order valence-electron chi connectivity index (χ3n) is 3.77. The maximum Gasteiger partial charge on any atom is 0.285 e. The molecule has 0 fully saturated rings. The summed E-state index contributed by atoms with van der Waals surface area (Å²) in [5.74, 6) is 0.684. The van der Waals surface area contributed by atoms with Gasteiger partial charge in [0, 0.05) is 6.07 Å². The number of rotatable bonds is 5. The average molecular weight is 375 g/mol. The number of carbonyl (C=O) groups is 1. The van der Waals surface area contributed by atoms with Crippen molar-refractivity contribution in [1.82, 2.24) is 0 Å². The number of nitrogens with zero attached hydrogens (tertiary/aromatic N) is 2. The molecule has 0 aromatic heterocycles. The van der Waals surface area contributed by atoms with Crippen molar-refractivity contribution >= 4 is 33.6 Å². The SMILES string of the molecule is COc1ccc(OC)c(NC(=O)CN2C=NS(=O)(=O)c3ccccc32)c1. The predicted octanol–water partition coefficient (Wildman–Crippen LogP) is 1.88. The lowest BCUT2D eigenvalue weighted by molar-refractivity contribution is -0.114. The second-order valence-electron chi connectivity index (χ2n) is 5.41. The maximum atomic E-state index is 12.5. The molecular weight excluding hydrogens is 358 g/mol. The molecule has 2 aromatic carbocycles. The number of benzene rings is 2. The summed E-state index contributed by atoms with van der Waals surface area (Å²) in [4.78, 5) is 14.0. The van der Waals surface area contributed by atoms with Gasteiger partial charge in [0.05, 0.1) is 25.6 Å². The molecule has 1 aliphatic rings. The Morgan fingerprint density at radius 3 is 2.65 bits per heavy atom. The Balaban J connectivity index is 1.82. The first-order valence-corrected chi connectivity index (χ1v) is 9.06. The fraction of sp³-hybridized carbons (Fsp3) is 0.176. The molecule has 0 atom stereocenters. The number of carbonyl (C=O) groups excluding carboxylic acids is 1. The molecular formula is C17H17N3O5S. The van der Waals surface area contributed by atoms with Gasteiger partial charge in [-0.2, -0.15) is 8.42 Å². The Labute approximate surface area is 151 Å². The number of anilines is 2. The Hall–Kier alpha value is -3.07. The second kappa shape index (κ2) is 7.04. The number of methoxy groups -OCH3 is 2. The summed E-state index contributed by atoms with van der Waals surface area (Å²) in [5, 5.41) is 2.74. The summed E-state index contributed by atoms with van der Waals surface area (Å²) in [5.41, 5.74) is 0.849. The predicted molar refractivity (Wildman–Crippen MR) is 97.6 cm³/mol. The summed E-state index contributed by atoms with van der Waals surface area (Å²) in [7, 11) is -0.711. The van der Waals surface area contributed by atoms with Crippen molar-refractivity contribution in [2.45, 2.75) is 4.90 Å². The van der Waals surface area contributed by atoms with Crippen molar-refractivity contribution in [3.63, 3.8) is 0 Å². The quantitative estimate of drug-likeness (QED) is 0.857. The van der Waals surface area contributed by atoms with Crippen molar-refractivity contribution in [3.8, 4) is 11.5 Å². The molecule has 0 bridgehead atoms. The molecule has 26 heavy (non-hydrogen) atoms. The van der Waals surface area contributed by atoms with Crippen molar-refractivity contribution in [2.24, 2.45) is 4.40 Å². The topological polar surface area (TPSA) is 97.3 Å². The van der Waals surface area contributed by atoms with Crippen LogP contribution in [0.3, 0.4) is 0 Å². The minimum atomic E-state index is -3.73. The number of fused-ring (bicyclic) bond motifs is 1. The first-order chi connectivity index (χ1) is 12.4. The normalized spacial score (nSPS) is 14.5. The fourth-order valence-corrected chi connectivity index (χ4v) is 3.58. The van der Waals surface area contributed by atoms with E-state index in [0.29, 0.717) is 22.9 Å². The lowest BCUT2D eigenvalue weighted by Gasteiger charge is -2.24. The number of sulfonamides is 1. The number of nitrogens with one attached hydrogen (secondary N) is 1. The van der Waals surface area contributed by atoms with Crippen LogP contribution in [-0.4, -0.2) is 41.4 Å². The van der Waals surface area contributed by atoms with Gasteiger partial charge in [-0.1, -0.05) is 12.1 Å². The van der Waals surface area contributed by atoms with Gasteiger partial charge in [0.25, 0.3) is 10.0 Å². The Morgan fingerprint density at radius 1 is 1.15 bits per heavy atom. The van der Waals surface area contributed by atoms with Gasteiger partial charge < -0.3 is 19.7 Å². The van der Waals surface area contributed by atoms with Crippen LogP contribution < -0.4 is 19.7 Å². The molecule has 0 radical (unpaired) electrons. The minimum absolute atomic E-state index is 0.0641. The molecule has 1 heterocycles. The summed E-state index contributed by atoms with van der Waals surface area (Å²) < 4.78 is 37.9. The van der Waals surface area contributed by atoms with Gasteiger partial charge >= 0.3 is 0 Å². The van der Waals surface area contributed by atoms with Gasteiger partial charge in [-0.3, -0.25) is 4.79 Å². The molecule has 136 valence electrons. The first-order valence-electron chi connectivity index (χ1n) is 7.62. The third-order valence-corrected chi connectivity index (χ3v) is 5.05. The smallest absolute Gasteiger partial charge is 0.285 e. The van der Waals surface area contributed by atoms with E-state index in [4.69, 9.17) is 9.47 Å². The molecule has 0 saturated heterocycles. The number of ether oxygens (including phenoxy) is 2. The molecule has 1 amide bonds. The lowest BCUT2D eigenvalue weighted by atomic mass is 10.2. The number of hydrogen-bond donors (Lipinski definition) is 1. The van der Waals surface area contributed by atoms with Gasteiger partial charge in [0.1, 0.15) is 29.3 Å². The highest BCUT2D eigenvalue weighted by atomic mass is 32.2. The van der Waals surface area contributed by atoms with E-state index in [0.717, 1.165) is 6.34 Å². The highest BCUT2D eigenvalue weighted by molar-refractivity contribution is 7.90. The number of para-hydroxylation sites is 1. The zero-order valence-corrected chi connectivity index (χ0v) is 15.0. The van der Waals surface area contributed by atoms with Gasteiger partial charge in [0.15, 0.2) is 0 Å². The van der Waals surface area contributed by atoms with E-state index in [1.165, 1.54) is 25.2 Å². The van der Waals surface area contributed by atoms with Crippen LogP contribution in [-0.2, 0) is 14.8 Å². The molecule has 0 spiro atoms. The van der Waals surface area contributed by atoms with Crippen LogP contribution in [0.25, 0.3) is 0 Å². The summed E-state index contributed by atoms with van der Waals surface area (Å²) >= 11 is 0. The molecule has 0 unspecified atom stereocenters. The molecule has 9 heteroatoms. The summed E-state index contributed by atoms with van der Waals surface area (Å²) in [6.07, 6.45) is 1.14. The van der Waals surface area contributed by atoms with Crippen LogP contribution in [0.15, 0.2) is 51.8 Å². The maximum absolute atomic E-state index is 12.5. The van der Waals surface area contributed by atoms with Gasteiger partial charge in [0.2, 0.25) is 5.91 Å².